The number of aryl methyl sites for hydroxylation is 2. The number of carbonyl (C=O) groups excluding carboxylic acids is 1. The fraction of sp³-hybridized carbons (Fsp3) is 0.471. The van der Waals surface area contributed by atoms with Crippen molar-refractivity contribution in [3.63, 3.8) is 0 Å². The Bertz CT molecular complexity index is 694. The van der Waals surface area contributed by atoms with E-state index >= 15 is 0 Å². The monoisotopic (exact) mass is 332 g/mol. The molecular weight excluding hydrogens is 308 g/mol. The van der Waals surface area contributed by atoms with Gasteiger partial charge >= 0.3 is 0 Å². The number of nitrogens with one attached hydrogen (secondary N) is 1. The van der Waals surface area contributed by atoms with Crippen LogP contribution in [0.3, 0.4) is 0 Å². The average molecular weight is 332 g/mol. The number of amides is 1. The first-order valence-corrected chi connectivity index (χ1v) is 8.84. The van der Waals surface area contributed by atoms with E-state index in [1.807, 2.05) is 32.0 Å². The number of anilines is 1. The van der Waals surface area contributed by atoms with Crippen molar-refractivity contribution in [2.24, 2.45) is 0 Å². The highest BCUT2D eigenvalue weighted by atomic mass is 32.2. The highest BCUT2D eigenvalue weighted by Crippen LogP contribution is 2.22. The maximum absolute atomic E-state index is 12.2. The summed E-state index contributed by atoms with van der Waals surface area (Å²) in [7, 11) is 0. The van der Waals surface area contributed by atoms with Gasteiger partial charge in [0.15, 0.2) is 5.16 Å². The van der Waals surface area contributed by atoms with Crippen molar-refractivity contribution in [2.75, 3.05) is 11.1 Å². The van der Waals surface area contributed by atoms with Crippen molar-refractivity contribution in [2.45, 2.75) is 52.2 Å². The van der Waals surface area contributed by atoms with Crippen LogP contribution in [0.5, 0.6) is 0 Å². The minimum Gasteiger partial charge on any atom is -0.325 e. The van der Waals surface area contributed by atoms with Crippen LogP contribution >= 0.6 is 11.8 Å². The van der Waals surface area contributed by atoms with E-state index in [1.165, 1.54) is 11.8 Å². The van der Waals surface area contributed by atoms with E-state index in [0.29, 0.717) is 11.7 Å². The Morgan fingerprint density at radius 1 is 1.30 bits per heavy atom. The largest absolute Gasteiger partial charge is 0.325 e. The summed E-state index contributed by atoms with van der Waals surface area (Å²) in [5, 5.41) is 12.2. The molecule has 0 saturated carbocycles. The van der Waals surface area contributed by atoms with Crippen molar-refractivity contribution in [1.29, 1.82) is 0 Å². The number of aromatic nitrogens is 3. The molecule has 124 valence electrons. The lowest BCUT2D eigenvalue weighted by Crippen LogP contribution is -2.15. The van der Waals surface area contributed by atoms with Crippen LogP contribution in [0.4, 0.5) is 5.69 Å². The number of rotatable bonds is 6. The summed E-state index contributed by atoms with van der Waals surface area (Å²) in [6, 6.07) is 6.04. The predicted molar refractivity (Wildman–Crippen MR) is 95.1 cm³/mol. The van der Waals surface area contributed by atoms with Gasteiger partial charge in [0, 0.05) is 18.2 Å². The Kier molecular flexibility index (Phi) is 5.82. The predicted octanol–water partition coefficient (Wildman–Crippen LogP) is 3.77. The molecule has 1 aromatic carbocycles. The molecule has 0 aliphatic rings. The van der Waals surface area contributed by atoms with Crippen molar-refractivity contribution < 1.29 is 4.79 Å². The van der Waals surface area contributed by atoms with Gasteiger partial charge in [-0.1, -0.05) is 37.7 Å². The van der Waals surface area contributed by atoms with Crippen molar-refractivity contribution in [3.8, 4) is 0 Å². The van der Waals surface area contributed by atoms with Crippen LogP contribution in [0.25, 0.3) is 0 Å². The normalized spacial score (nSPS) is 11.0. The zero-order valence-corrected chi connectivity index (χ0v) is 15.2. The van der Waals surface area contributed by atoms with Crippen LogP contribution in [0.15, 0.2) is 23.4 Å². The van der Waals surface area contributed by atoms with Gasteiger partial charge in [0.25, 0.3) is 0 Å². The van der Waals surface area contributed by atoms with Crippen LogP contribution < -0.4 is 5.32 Å². The maximum Gasteiger partial charge on any atom is 0.234 e. The molecule has 0 bridgehead atoms. The zero-order valence-electron chi connectivity index (χ0n) is 14.4. The third-order valence-electron chi connectivity index (χ3n) is 3.58. The molecule has 0 aliphatic carbocycles. The molecule has 0 spiro atoms. The molecule has 0 unspecified atom stereocenters. The second-order valence-electron chi connectivity index (χ2n) is 5.89. The number of carbonyl (C=O) groups is 1. The molecule has 5 nitrogen and oxygen atoms in total. The van der Waals surface area contributed by atoms with E-state index in [-0.39, 0.29) is 5.91 Å². The second-order valence-corrected chi connectivity index (χ2v) is 6.84. The fourth-order valence-corrected chi connectivity index (χ4v) is 3.13. The Morgan fingerprint density at radius 2 is 2.04 bits per heavy atom. The lowest BCUT2D eigenvalue weighted by Gasteiger charge is -2.10. The zero-order chi connectivity index (χ0) is 17.0. The first-order valence-electron chi connectivity index (χ1n) is 7.85. The number of thioether (sulfide) groups is 1. The Hall–Kier alpha value is -1.82. The minimum atomic E-state index is -0.0274. The maximum atomic E-state index is 12.2. The standard InChI is InChI=1S/C17H24N4OS/c1-6-21-16(11(2)3)19-20-17(21)23-10-15(22)18-14-9-12(4)7-8-13(14)5/h7-9,11H,6,10H2,1-5H3,(H,18,22). The van der Waals surface area contributed by atoms with Crippen molar-refractivity contribution in [3.05, 3.63) is 35.2 Å². The number of nitrogens with zero attached hydrogens (tertiary/aromatic N) is 3. The third-order valence-corrected chi connectivity index (χ3v) is 4.54. The van der Waals surface area contributed by atoms with E-state index in [0.717, 1.165) is 34.3 Å². The highest BCUT2D eigenvalue weighted by molar-refractivity contribution is 7.99. The summed E-state index contributed by atoms with van der Waals surface area (Å²) in [6.45, 7) is 11.1. The van der Waals surface area contributed by atoms with Crippen LogP contribution in [-0.4, -0.2) is 26.4 Å². The first kappa shape index (κ1) is 17.5. The first-order chi connectivity index (χ1) is 10.9. The molecule has 2 rings (SSSR count). The van der Waals surface area contributed by atoms with Crippen molar-refractivity contribution >= 4 is 23.4 Å². The van der Waals surface area contributed by atoms with Gasteiger partial charge < -0.3 is 9.88 Å². The molecular formula is C17H24N4OS. The molecule has 23 heavy (non-hydrogen) atoms. The summed E-state index contributed by atoms with van der Waals surface area (Å²) in [5.41, 5.74) is 3.06. The molecule has 0 fully saturated rings. The van der Waals surface area contributed by atoms with E-state index in [9.17, 15) is 4.79 Å². The summed E-state index contributed by atoms with van der Waals surface area (Å²) >= 11 is 1.42. The molecule has 0 radical (unpaired) electrons. The van der Waals surface area contributed by atoms with Gasteiger partial charge in [-0.25, -0.2) is 0 Å². The molecule has 1 aromatic heterocycles. The second kappa shape index (κ2) is 7.64. The van der Waals surface area contributed by atoms with Crippen LogP contribution in [-0.2, 0) is 11.3 Å². The van der Waals surface area contributed by atoms with Gasteiger partial charge in [-0.2, -0.15) is 0 Å². The van der Waals surface area contributed by atoms with Gasteiger partial charge in [-0.15, -0.1) is 10.2 Å². The van der Waals surface area contributed by atoms with E-state index < -0.39 is 0 Å². The lowest BCUT2D eigenvalue weighted by atomic mass is 10.1. The van der Waals surface area contributed by atoms with Gasteiger partial charge in [-0.05, 0) is 38.0 Å². The Balaban J connectivity index is 2.01. The third kappa shape index (κ3) is 4.34. The molecule has 0 aliphatic heterocycles. The Morgan fingerprint density at radius 3 is 2.70 bits per heavy atom. The minimum absolute atomic E-state index is 0.0274. The molecule has 2 aromatic rings. The van der Waals surface area contributed by atoms with Gasteiger partial charge in [0.1, 0.15) is 5.82 Å². The molecule has 1 amide bonds. The molecule has 1 N–H and O–H groups in total. The Labute approximate surface area is 141 Å². The van der Waals surface area contributed by atoms with E-state index in [4.69, 9.17) is 0 Å². The van der Waals surface area contributed by atoms with Crippen LogP contribution in [0.1, 0.15) is 43.6 Å². The summed E-state index contributed by atoms with van der Waals surface area (Å²) < 4.78 is 2.07. The lowest BCUT2D eigenvalue weighted by molar-refractivity contribution is -0.113. The molecule has 6 heteroatoms. The van der Waals surface area contributed by atoms with E-state index in [1.54, 1.807) is 0 Å². The van der Waals surface area contributed by atoms with Crippen LogP contribution in [0, 0.1) is 13.8 Å². The number of hydrogen-bond donors (Lipinski definition) is 1. The molecule has 0 saturated heterocycles. The average Bonchev–Trinajstić information content (AvgIpc) is 2.92. The number of hydrogen-bond acceptors (Lipinski definition) is 4. The fourth-order valence-electron chi connectivity index (χ4n) is 2.32. The SMILES string of the molecule is CCn1c(SCC(=O)Nc2cc(C)ccc2C)nnc1C(C)C. The summed E-state index contributed by atoms with van der Waals surface area (Å²) in [5.74, 6) is 1.58. The summed E-state index contributed by atoms with van der Waals surface area (Å²) in [6.07, 6.45) is 0. The van der Waals surface area contributed by atoms with E-state index in [2.05, 4.69) is 40.9 Å². The smallest absolute Gasteiger partial charge is 0.234 e. The molecule has 1 heterocycles. The summed E-state index contributed by atoms with van der Waals surface area (Å²) in [4.78, 5) is 12.2. The topological polar surface area (TPSA) is 59.8 Å². The number of benzene rings is 1. The van der Waals surface area contributed by atoms with Crippen LogP contribution in [0.2, 0.25) is 0 Å². The van der Waals surface area contributed by atoms with Crippen molar-refractivity contribution in [1.82, 2.24) is 14.8 Å². The van der Waals surface area contributed by atoms with Gasteiger partial charge in [-0.3, -0.25) is 4.79 Å². The van der Waals surface area contributed by atoms with Gasteiger partial charge in [0.05, 0.1) is 5.75 Å². The quantitative estimate of drug-likeness (QED) is 0.818. The highest BCUT2D eigenvalue weighted by Gasteiger charge is 2.15. The molecule has 0 atom stereocenters. The van der Waals surface area contributed by atoms with Gasteiger partial charge in [0.2, 0.25) is 5.91 Å².